The molecule has 0 bridgehead atoms. The molecule has 0 amide bonds. The van der Waals surface area contributed by atoms with Gasteiger partial charge in [-0.3, -0.25) is 0 Å². The summed E-state index contributed by atoms with van der Waals surface area (Å²) in [4.78, 5) is 4.95. The van der Waals surface area contributed by atoms with Crippen molar-refractivity contribution in [2.75, 3.05) is 5.73 Å². The molecule has 2 N–H and O–H groups in total. The predicted molar refractivity (Wildman–Crippen MR) is 83.7 cm³/mol. The molecule has 3 rings (SSSR count). The van der Waals surface area contributed by atoms with Crippen molar-refractivity contribution in [1.29, 1.82) is 0 Å². The number of sulfonamides is 1. The predicted octanol–water partition coefficient (Wildman–Crippen LogP) is 2.73. The van der Waals surface area contributed by atoms with Gasteiger partial charge in [0.25, 0.3) is 0 Å². The molecule has 112 valence electrons. The Morgan fingerprint density at radius 2 is 2.24 bits per heavy atom. The van der Waals surface area contributed by atoms with Crippen molar-refractivity contribution in [2.24, 2.45) is 0 Å². The summed E-state index contributed by atoms with van der Waals surface area (Å²) in [6, 6.07) is 5.28. The van der Waals surface area contributed by atoms with E-state index in [1.165, 1.54) is 16.6 Å². The summed E-state index contributed by atoms with van der Waals surface area (Å²) in [6.07, 6.45) is 3.04. The van der Waals surface area contributed by atoms with E-state index in [-0.39, 0.29) is 21.8 Å². The molecular formula is C13H14ClN3O2S2. The van der Waals surface area contributed by atoms with Crippen molar-refractivity contribution in [3.05, 3.63) is 39.7 Å². The van der Waals surface area contributed by atoms with Gasteiger partial charge in [-0.25, -0.2) is 13.4 Å². The maximum Gasteiger partial charge on any atom is 0.245 e. The van der Waals surface area contributed by atoms with E-state index >= 15 is 0 Å². The standard InChI is InChI=1S/C13H14ClN3O2S2/c14-12-6-11(7-16-13(12)15)21(18,19)17(9-3-4-9)8-10-2-1-5-20-10/h1-2,5-7,9H,3-4,8H2,(H2,15,16). The van der Waals surface area contributed by atoms with Crippen LogP contribution in [0.15, 0.2) is 34.7 Å². The fourth-order valence-corrected chi connectivity index (χ4v) is 4.69. The number of anilines is 1. The molecule has 2 heterocycles. The first kappa shape index (κ1) is 14.8. The van der Waals surface area contributed by atoms with E-state index in [9.17, 15) is 8.42 Å². The SMILES string of the molecule is Nc1ncc(S(=O)(=O)N(Cc2cccs2)C2CC2)cc1Cl. The lowest BCUT2D eigenvalue weighted by molar-refractivity contribution is 0.401. The molecule has 1 saturated carbocycles. The van der Waals surface area contributed by atoms with Crippen molar-refractivity contribution in [1.82, 2.24) is 9.29 Å². The number of nitrogens with zero attached hydrogens (tertiary/aromatic N) is 2. The van der Waals surface area contributed by atoms with Gasteiger partial charge in [-0.05, 0) is 30.4 Å². The highest BCUT2D eigenvalue weighted by Gasteiger charge is 2.38. The second-order valence-corrected chi connectivity index (χ2v) is 8.23. The Kier molecular flexibility index (Phi) is 3.92. The van der Waals surface area contributed by atoms with Crippen LogP contribution >= 0.6 is 22.9 Å². The Morgan fingerprint density at radius 3 is 2.81 bits per heavy atom. The number of nitrogens with two attached hydrogens (primary N) is 1. The summed E-state index contributed by atoms with van der Waals surface area (Å²) < 4.78 is 27.1. The van der Waals surface area contributed by atoms with Gasteiger partial charge in [0.05, 0.1) is 5.02 Å². The number of aromatic nitrogens is 1. The molecule has 1 aliphatic rings. The first-order valence-electron chi connectivity index (χ1n) is 6.44. The first-order chi connectivity index (χ1) is 9.98. The molecule has 0 radical (unpaired) electrons. The average molecular weight is 344 g/mol. The number of pyridine rings is 1. The molecule has 1 fully saturated rings. The van der Waals surface area contributed by atoms with Gasteiger partial charge >= 0.3 is 0 Å². The highest BCUT2D eigenvalue weighted by atomic mass is 35.5. The molecule has 8 heteroatoms. The van der Waals surface area contributed by atoms with Crippen molar-refractivity contribution in [3.8, 4) is 0 Å². The molecule has 0 aliphatic heterocycles. The number of rotatable bonds is 5. The molecule has 0 spiro atoms. The number of nitrogen functional groups attached to an aromatic ring is 1. The van der Waals surface area contributed by atoms with Crippen LogP contribution in [0.1, 0.15) is 17.7 Å². The van der Waals surface area contributed by atoms with E-state index in [4.69, 9.17) is 17.3 Å². The Hall–Kier alpha value is -1.15. The summed E-state index contributed by atoms with van der Waals surface area (Å²) >= 11 is 7.44. The highest BCUT2D eigenvalue weighted by Crippen LogP contribution is 2.34. The third-order valence-electron chi connectivity index (χ3n) is 3.30. The molecule has 0 saturated heterocycles. The summed E-state index contributed by atoms with van der Waals surface area (Å²) in [5.41, 5.74) is 5.54. The van der Waals surface area contributed by atoms with E-state index in [2.05, 4.69) is 4.98 Å². The Balaban J connectivity index is 1.95. The van der Waals surface area contributed by atoms with Gasteiger partial charge in [0.15, 0.2) is 0 Å². The molecular weight excluding hydrogens is 330 g/mol. The minimum absolute atomic E-state index is 0.0634. The van der Waals surface area contributed by atoms with Crippen molar-refractivity contribution in [2.45, 2.75) is 30.3 Å². The maximum absolute atomic E-state index is 12.8. The normalized spacial score (nSPS) is 15.5. The summed E-state index contributed by atoms with van der Waals surface area (Å²) in [6.45, 7) is 0.382. The molecule has 0 atom stereocenters. The van der Waals surface area contributed by atoms with Crippen LogP contribution in [0.25, 0.3) is 0 Å². The van der Waals surface area contributed by atoms with E-state index < -0.39 is 10.0 Å². The lowest BCUT2D eigenvalue weighted by atomic mass is 10.4. The summed E-state index contributed by atoms with van der Waals surface area (Å²) in [5, 5.41) is 2.09. The highest BCUT2D eigenvalue weighted by molar-refractivity contribution is 7.89. The van der Waals surface area contributed by atoms with Crippen molar-refractivity contribution >= 4 is 38.8 Å². The Morgan fingerprint density at radius 1 is 1.48 bits per heavy atom. The lowest BCUT2D eigenvalue weighted by Gasteiger charge is -2.21. The van der Waals surface area contributed by atoms with Gasteiger partial charge < -0.3 is 5.73 Å². The van der Waals surface area contributed by atoms with Crippen LogP contribution in [0.3, 0.4) is 0 Å². The van der Waals surface area contributed by atoms with E-state index in [1.54, 1.807) is 11.3 Å². The van der Waals surface area contributed by atoms with Crippen molar-refractivity contribution < 1.29 is 8.42 Å². The number of hydrogen-bond acceptors (Lipinski definition) is 5. The first-order valence-corrected chi connectivity index (χ1v) is 9.13. The van der Waals surface area contributed by atoms with Crippen LogP contribution in [0, 0.1) is 0 Å². The number of hydrogen-bond donors (Lipinski definition) is 1. The van der Waals surface area contributed by atoms with Gasteiger partial charge in [0.2, 0.25) is 10.0 Å². The van der Waals surface area contributed by atoms with Crippen LogP contribution in [0.4, 0.5) is 5.82 Å². The van der Waals surface area contributed by atoms with Gasteiger partial charge in [0, 0.05) is 23.7 Å². The Bertz CT molecular complexity index is 743. The van der Waals surface area contributed by atoms with Crippen LogP contribution in [-0.4, -0.2) is 23.7 Å². The number of halogens is 1. The van der Waals surface area contributed by atoms with E-state index in [1.807, 2.05) is 17.5 Å². The Labute approximate surface area is 132 Å². The van der Waals surface area contributed by atoms with E-state index in [0.29, 0.717) is 6.54 Å². The zero-order valence-corrected chi connectivity index (χ0v) is 13.5. The van der Waals surface area contributed by atoms with Gasteiger partial charge in [-0.1, -0.05) is 17.7 Å². The molecule has 5 nitrogen and oxygen atoms in total. The third-order valence-corrected chi connectivity index (χ3v) is 6.32. The minimum Gasteiger partial charge on any atom is -0.382 e. The van der Waals surface area contributed by atoms with Gasteiger partial charge in [0.1, 0.15) is 10.7 Å². The monoisotopic (exact) mass is 343 g/mol. The fraction of sp³-hybridized carbons (Fsp3) is 0.308. The fourth-order valence-electron chi connectivity index (χ4n) is 2.04. The van der Waals surface area contributed by atoms with Crippen LogP contribution in [0.5, 0.6) is 0 Å². The zero-order chi connectivity index (χ0) is 15.0. The van der Waals surface area contributed by atoms with E-state index in [0.717, 1.165) is 17.7 Å². The third kappa shape index (κ3) is 3.06. The second kappa shape index (κ2) is 5.57. The lowest BCUT2D eigenvalue weighted by Crippen LogP contribution is -2.32. The van der Waals surface area contributed by atoms with Crippen molar-refractivity contribution in [3.63, 3.8) is 0 Å². The topological polar surface area (TPSA) is 76.3 Å². The quantitative estimate of drug-likeness (QED) is 0.905. The zero-order valence-electron chi connectivity index (χ0n) is 11.1. The molecule has 21 heavy (non-hydrogen) atoms. The smallest absolute Gasteiger partial charge is 0.245 e. The molecule has 0 unspecified atom stereocenters. The number of thiophene rings is 1. The second-order valence-electron chi connectivity index (χ2n) is 4.90. The minimum atomic E-state index is -3.62. The van der Waals surface area contributed by atoms with Gasteiger partial charge in [-0.15, -0.1) is 11.3 Å². The molecule has 2 aromatic heterocycles. The van der Waals surface area contributed by atoms with Gasteiger partial charge in [-0.2, -0.15) is 4.31 Å². The average Bonchev–Trinajstić information content (AvgIpc) is 3.15. The summed E-state index contributed by atoms with van der Waals surface area (Å²) in [5.74, 6) is 0.131. The largest absolute Gasteiger partial charge is 0.382 e. The summed E-state index contributed by atoms with van der Waals surface area (Å²) in [7, 11) is -3.62. The van der Waals surface area contributed by atoms with Crippen LogP contribution in [0.2, 0.25) is 5.02 Å². The molecule has 0 aromatic carbocycles. The molecule has 1 aliphatic carbocycles. The van der Waals surface area contributed by atoms with Crippen LogP contribution < -0.4 is 5.73 Å². The maximum atomic E-state index is 12.8. The molecule has 2 aromatic rings. The van der Waals surface area contributed by atoms with Crippen LogP contribution in [-0.2, 0) is 16.6 Å².